The van der Waals surface area contributed by atoms with Crippen LogP contribution in [0, 0.1) is 17.8 Å². The number of hydrogen-bond donors (Lipinski definition) is 0. The van der Waals surface area contributed by atoms with Gasteiger partial charge in [-0.3, -0.25) is 0 Å². The summed E-state index contributed by atoms with van der Waals surface area (Å²) in [4.78, 5) is 0. The third-order valence-corrected chi connectivity index (χ3v) is 9.93. The van der Waals surface area contributed by atoms with Gasteiger partial charge in [0.25, 0.3) is 0 Å². The van der Waals surface area contributed by atoms with E-state index < -0.39 is 0 Å². The molecule has 0 heterocycles. The number of rotatable bonds is 16. The number of ether oxygens (including phenoxy) is 2. The SMILES string of the molecule is CCCCC1CCC(CCC)CC1.CCCOc1ccc(C2CCC(CCC)CC2)cc1.CCCOc1ccc(CCC)cc1. The van der Waals surface area contributed by atoms with E-state index in [4.69, 9.17) is 9.47 Å². The Labute approximate surface area is 280 Å². The topological polar surface area (TPSA) is 18.5 Å². The summed E-state index contributed by atoms with van der Waals surface area (Å²) >= 11 is 0. The molecule has 0 amide bonds. The minimum absolute atomic E-state index is 0.785. The molecule has 0 aliphatic heterocycles. The van der Waals surface area contributed by atoms with Gasteiger partial charge >= 0.3 is 0 Å². The molecule has 2 saturated carbocycles. The quantitative estimate of drug-likeness (QED) is 0.186. The van der Waals surface area contributed by atoms with E-state index in [0.29, 0.717) is 0 Å². The third-order valence-electron chi connectivity index (χ3n) is 9.93. The minimum Gasteiger partial charge on any atom is -0.494 e. The number of benzene rings is 2. The first-order valence-corrected chi connectivity index (χ1v) is 19.5. The van der Waals surface area contributed by atoms with Crippen LogP contribution in [0.15, 0.2) is 48.5 Å². The van der Waals surface area contributed by atoms with Gasteiger partial charge in [-0.25, -0.2) is 0 Å². The molecule has 0 N–H and O–H groups in total. The van der Waals surface area contributed by atoms with E-state index in [2.05, 4.69) is 90.1 Å². The smallest absolute Gasteiger partial charge is 0.119 e. The first kappa shape index (κ1) is 39.2. The van der Waals surface area contributed by atoms with Crippen LogP contribution < -0.4 is 9.47 Å². The van der Waals surface area contributed by atoms with E-state index in [9.17, 15) is 0 Å². The normalized spacial score (nSPS) is 21.1. The maximum absolute atomic E-state index is 5.65. The predicted octanol–water partition coefficient (Wildman–Crippen LogP) is 13.8. The maximum Gasteiger partial charge on any atom is 0.119 e. The van der Waals surface area contributed by atoms with Crippen LogP contribution in [-0.2, 0) is 6.42 Å². The summed E-state index contributed by atoms with van der Waals surface area (Å²) in [5.74, 6) is 5.96. The van der Waals surface area contributed by atoms with Crippen molar-refractivity contribution in [3.63, 3.8) is 0 Å². The van der Waals surface area contributed by atoms with Crippen LogP contribution in [0.4, 0.5) is 0 Å². The van der Waals surface area contributed by atoms with Gasteiger partial charge in [0.05, 0.1) is 13.2 Å². The lowest BCUT2D eigenvalue weighted by Gasteiger charge is -2.28. The predicted molar refractivity (Wildman–Crippen MR) is 198 cm³/mol. The van der Waals surface area contributed by atoms with Crippen LogP contribution in [-0.4, -0.2) is 13.2 Å². The summed E-state index contributed by atoms with van der Waals surface area (Å²) in [5, 5.41) is 0. The fraction of sp³-hybridized carbons (Fsp3) is 0.721. The van der Waals surface area contributed by atoms with Gasteiger partial charge in [0, 0.05) is 0 Å². The van der Waals surface area contributed by atoms with Gasteiger partial charge in [0.1, 0.15) is 11.5 Å². The van der Waals surface area contributed by atoms with Crippen LogP contribution >= 0.6 is 0 Å². The zero-order chi connectivity index (χ0) is 32.5. The molecule has 4 rings (SSSR count). The summed E-state index contributed by atoms with van der Waals surface area (Å²) < 4.78 is 11.1. The molecule has 2 fully saturated rings. The van der Waals surface area contributed by atoms with Crippen molar-refractivity contribution in [3.8, 4) is 11.5 Å². The maximum atomic E-state index is 5.65. The van der Waals surface area contributed by atoms with Gasteiger partial charge in [-0.2, -0.15) is 0 Å². The molecule has 2 aliphatic rings. The number of unbranched alkanes of at least 4 members (excludes halogenated alkanes) is 1. The van der Waals surface area contributed by atoms with Gasteiger partial charge in [-0.1, -0.05) is 143 Å². The molecular weight excluding hydrogens is 548 g/mol. The second-order valence-electron chi connectivity index (χ2n) is 14.0. The van der Waals surface area contributed by atoms with Gasteiger partial charge in [-0.15, -0.1) is 0 Å². The molecule has 2 aliphatic carbocycles. The Balaban J connectivity index is 0.000000243. The van der Waals surface area contributed by atoms with Crippen molar-refractivity contribution in [1.82, 2.24) is 0 Å². The van der Waals surface area contributed by atoms with Crippen molar-refractivity contribution in [2.45, 2.75) is 169 Å². The first-order valence-electron chi connectivity index (χ1n) is 19.5. The highest BCUT2D eigenvalue weighted by molar-refractivity contribution is 5.30. The van der Waals surface area contributed by atoms with Gasteiger partial charge in [0.2, 0.25) is 0 Å². The molecular formula is C43H72O2. The molecule has 2 aromatic carbocycles. The van der Waals surface area contributed by atoms with Crippen molar-refractivity contribution in [1.29, 1.82) is 0 Å². The average molecular weight is 621 g/mol. The van der Waals surface area contributed by atoms with E-state index in [1.807, 2.05) is 0 Å². The Morgan fingerprint density at radius 1 is 0.467 bits per heavy atom. The molecule has 0 atom stereocenters. The summed E-state index contributed by atoms with van der Waals surface area (Å²) in [6.45, 7) is 15.0. The molecule has 0 saturated heterocycles. The van der Waals surface area contributed by atoms with Crippen molar-refractivity contribution in [2.75, 3.05) is 13.2 Å². The van der Waals surface area contributed by atoms with Crippen LogP contribution in [0.3, 0.4) is 0 Å². The van der Waals surface area contributed by atoms with Gasteiger partial charge in [0.15, 0.2) is 0 Å². The average Bonchev–Trinajstić information content (AvgIpc) is 3.08. The Hall–Kier alpha value is -1.96. The van der Waals surface area contributed by atoms with E-state index in [-0.39, 0.29) is 0 Å². The monoisotopic (exact) mass is 621 g/mol. The number of hydrogen-bond acceptors (Lipinski definition) is 2. The van der Waals surface area contributed by atoms with E-state index >= 15 is 0 Å². The highest BCUT2D eigenvalue weighted by Crippen LogP contribution is 2.38. The van der Waals surface area contributed by atoms with Crippen LogP contribution in [0.2, 0.25) is 0 Å². The number of aryl methyl sites for hydroxylation is 1. The van der Waals surface area contributed by atoms with E-state index in [0.717, 1.165) is 67.6 Å². The Morgan fingerprint density at radius 2 is 0.911 bits per heavy atom. The summed E-state index contributed by atoms with van der Waals surface area (Å²) in [7, 11) is 0. The molecule has 0 radical (unpaired) electrons. The lowest BCUT2D eigenvalue weighted by Crippen LogP contribution is -2.14. The Bertz CT molecular complexity index is 917. The molecule has 2 heteroatoms. The molecule has 2 aromatic rings. The highest BCUT2D eigenvalue weighted by Gasteiger charge is 2.22. The first-order chi connectivity index (χ1) is 22.1. The van der Waals surface area contributed by atoms with Crippen molar-refractivity contribution >= 4 is 0 Å². The highest BCUT2D eigenvalue weighted by atomic mass is 16.5. The van der Waals surface area contributed by atoms with Gasteiger partial charge < -0.3 is 9.47 Å². The zero-order valence-electron chi connectivity index (χ0n) is 30.6. The molecule has 0 spiro atoms. The lowest BCUT2D eigenvalue weighted by molar-refractivity contribution is 0.248. The third kappa shape index (κ3) is 17.0. The van der Waals surface area contributed by atoms with E-state index in [1.165, 1.54) is 114 Å². The Kier molecular flexibility index (Phi) is 21.9. The van der Waals surface area contributed by atoms with Crippen LogP contribution in [0.5, 0.6) is 11.5 Å². The van der Waals surface area contributed by atoms with Crippen LogP contribution in [0.25, 0.3) is 0 Å². The minimum atomic E-state index is 0.785. The molecule has 0 bridgehead atoms. The standard InChI is InChI=1S/C18H28O.C13H26.C12H18O/c1-3-5-15-6-8-16(9-7-15)17-10-12-18(13-11-17)19-14-4-2;1-3-5-7-13-10-8-12(6-4-2)9-11-13;1-3-5-11-6-8-12(9-7-11)13-10-4-2/h10-13,15-16H,3-9,14H2,1-2H3;12-13H,3-11H2,1-2H3;6-9H,3-5,10H2,1-2H3. The van der Waals surface area contributed by atoms with Gasteiger partial charge in [-0.05, 0) is 104 Å². The summed E-state index contributed by atoms with van der Waals surface area (Å²) in [6.07, 6.45) is 26.2. The largest absolute Gasteiger partial charge is 0.494 e. The van der Waals surface area contributed by atoms with Crippen molar-refractivity contribution < 1.29 is 9.47 Å². The summed E-state index contributed by atoms with van der Waals surface area (Å²) in [6, 6.07) is 17.2. The zero-order valence-corrected chi connectivity index (χ0v) is 30.6. The van der Waals surface area contributed by atoms with Crippen LogP contribution in [0.1, 0.15) is 174 Å². The molecule has 45 heavy (non-hydrogen) atoms. The second kappa shape index (κ2) is 25.2. The molecule has 2 nitrogen and oxygen atoms in total. The summed E-state index contributed by atoms with van der Waals surface area (Å²) in [5.41, 5.74) is 2.91. The second-order valence-corrected chi connectivity index (χ2v) is 14.0. The van der Waals surface area contributed by atoms with Crippen molar-refractivity contribution in [3.05, 3.63) is 59.7 Å². The fourth-order valence-corrected chi connectivity index (χ4v) is 7.22. The molecule has 0 aromatic heterocycles. The molecule has 256 valence electrons. The van der Waals surface area contributed by atoms with E-state index in [1.54, 1.807) is 0 Å². The molecule has 0 unspecified atom stereocenters. The lowest BCUT2D eigenvalue weighted by atomic mass is 9.77. The van der Waals surface area contributed by atoms with Crippen molar-refractivity contribution in [2.24, 2.45) is 17.8 Å². The Morgan fingerprint density at radius 3 is 1.33 bits per heavy atom. The fourth-order valence-electron chi connectivity index (χ4n) is 7.22.